The van der Waals surface area contributed by atoms with Crippen molar-refractivity contribution in [2.45, 2.75) is 13.0 Å². The molecule has 0 aliphatic rings. The maximum atomic E-state index is 14.0. The van der Waals surface area contributed by atoms with E-state index in [2.05, 4.69) is 0 Å². The summed E-state index contributed by atoms with van der Waals surface area (Å²) in [6, 6.07) is 9.55. The summed E-state index contributed by atoms with van der Waals surface area (Å²) < 4.78 is 14.0. The summed E-state index contributed by atoms with van der Waals surface area (Å²) in [7, 11) is 0. The number of hydrogen-bond donors (Lipinski definition) is 1. The monoisotopic (exact) mass is 283 g/mol. The molecule has 0 fully saturated rings. The molecule has 0 aliphatic heterocycles. The maximum Gasteiger partial charge on any atom is 0.131 e. The van der Waals surface area contributed by atoms with Gasteiger partial charge in [-0.05, 0) is 30.2 Å². The Labute approximate surface area is 115 Å². The number of hydrogen-bond acceptors (Lipinski definition) is 1. The molecule has 1 nitrogen and oxygen atoms in total. The average Bonchev–Trinajstić information content (AvgIpc) is 2.32. The van der Waals surface area contributed by atoms with Gasteiger partial charge in [0, 0.05) is 15.6 Å². The molecule has 0 aliphatic carbocycles. The van der Waals surface area contributed by atoms with Gasteiger partial charge in [-0.3, -0.25) is 0 Å². The summed E-state index contributed by atoms with van der Waals surface area (Å²) in [4.78, 5) is 0. The van der Waals surface area contributed by atoms with Crippen LogP contribution < -0.4 is 5.73 Å². The lowest BCUT2D eigenvalue weighted by atomic mass is 9.97. The second-order valence-electron chi connectivity index (χ2n) is 4.12. The molecule has 4 heteroatoms. The van der Waals surface area contributed by atoms with Gasteiger partial charge in [-0.15, -0.1) is 0 Å². The Bertz CT molecular complexity index is 584. The van der Waals surface area contributed by atoms with Crippen LogP contribution in [0.1, 0.15) is 22.7 Å². The highest BCUT2D eigenvalue weighted by atomic mass is 35.5. The SMILES string of the molecule is Cc1cccc(C(N)c2ccc(Cl)cc2Cl)c1F. The van der Waals surface area contributed by atoms with Gasteiger partial charge in [0.2, 0.25) is 0 Å². The Morgan fingerprint density at radius 2 is 1.83 bits per heavy atom. The summed E-state index contributed by atoms with van der Waals surface area (Å²) in [6.07, 6.45) is 0. The molecule has 0 radical (unpaired) electrons. The molecule has 2 aromatic rings. The first kappa shape index (κ1) is 13.3. The molecule has 0 heterocycles. The minimum Gasteiger partial charge on any atom is -0.320 e. The van der Waals surface area contributed by atoms with Crippen molar-refractivity contribution in [1.29, 1.82) is 0 Å². The van der Waals surface area contributed by atoms with Gasteiger partial charge < -0.3 is 5.73 Å². The molecule has 94 valence electrons. The van der Waals surface area contributed by atoms with Crippen molar-refractivity contribution in [2.75, 3.05) is 0 Å². The molecule has 0 spiro atoms. The number of aryl methyl sites for hydroxylation is 1. The fourth-order valence-corrected chi connectivity index (χ4v) is 2.36. The first-order valence-corrected chi connectivity index (χ1v) is 6.22. The lowest BCUT2D eigenvalue weighted by Gasteiger charge is -2.16. The van der Waals surface area contributed by atoms with Crippen molar-refractivity contribution in [1.82, 2.24) is 0 Å². The Hall–Kier alpha value is -1.09. The zero-order chi connectivity index (χ0) is 13.3. The van der Waals surface area contributed by atoms with E-state index in [-0.39, 0.29) is 5.82 Å². The molecule has 0 saturated carbocycles. The minimum atomic E-state index is -0.602. The van der Waals surface area contributed by atoms with Crippen LogP contribution in [0.5, 0.6) is 0 Å². The van der Waals surface area contributed by atoms with Gasteiger partial charge in [-0.1, -0.05) is 47.5 Å². The molecule has 0 saturated heterocycles. The molecule has 0 aromatic heterocycles. The quantitative estimate of drug-likeness (QED) is 0.864. The Balaban J connectivity index is 2.48. The molecule has 18 heavy (non-hydrogen) atoms. The maximum absolute atomic E-state index is 14.0. The topological polar surface area (TPSA) is 26.0 Å². The van der Waals surface area contributed by atoms with Crippen LogP contribution in [0.4, 0.5) is 4.39 Å². The van der Waals surface area contributed by atoms with Crippen LogP contribution in [0, 0.1) is 12.7 Å². The summed E-state index contributed by atoms with van der Waals surface area (Å²) in [5.41, 5.74) is 7.72. The summed E-state index contributed by atoms with van der Waals surface area (Å²) in [6.45, 7) is 1.70. The van der Waals surface area contributed by atoms with Gasteiger partial charge >= 0.3 is 0 Å². The molecular formula is C14H12Cl2FN. The van der Waals surface area contributed by atoms with Crippen molar-refractivity contribution in [3.63, 3.8) is 0 Å². The third kappa shape index (κ3) is 2.51. The van der Waals surface area contributed by atoms with Gasteiger partial charge in [0.05, 0.1) is 6.04 Å². The Morgan fingerprint density at radius 1 is 1.11 bits per heavy atom. The van der Waals surface area contributed by atoms with E-state index < -0.39 is 6.04 Å². The van der Waals surface area contributed by atoms with Crippen molar-refractivity contribution < 1.29 is 4.39 Å². The number of rotatable bonds is 2. The lowest BCUT2D eigenvalue weighted by Crippen LogP contribution is -2.14. The fourth-order valence-electron chi connectivity index (χ4n) is 1.83. The van der Waals surface area contributed by atoms with Crippen LogP contribution in [0.3, 0.4) is 0 Å². The summed E-state index contributed by atoms with van der Waals surface area (Å²) >= 11 is 11.9. The van der Waals surface area contributed by atoms with Gasteiger partial charge in [0.15, 0.2) is 0 Å². The normalized spacial score (nSPS) is 12.5. The zero-order valence-electron chi connectivity index (χ0n) is 9.75. The summed E-state index contributed by atoms with van der Waals surface area (Å²) in [5.74, 6) is -0.295. The van der Waals surface area contributed by atoms with Gasteiger partial charge in [-0.25, -0.2) is 4.39 Å². The van der Waals surface area contributed by atoms with E-state index in [1.54, 1.807) is 43.3 Å². The smallest absolute Gasteiger partial charge is 0.131 e. The van der Waals surface area contributed by atoms with Crippen LogP contribution in [-0.4, -0.2) is 0 Å². The van der Waals surface area contributed by atoms with Gasteiger partial charge in [-0.2, -0.15) is 0 Å². The molecular weight excluding hydrogens is 272 g/mol. The molecule has 0 amide bonds. The van der Waals surface area contributed by atoms with Crippen LogP contribution >= 0.6 is 23.2 Å². The predicted molar refractivity (Wildman–Crippen MR) is 73.6 cm³/mol. The molecule has 2 aromatic carbocycles. The average molecular weight is 284 g/mol. The van der Waals surface area contributed by atoms with Crippen LogP contribution in [-0.2, 0) is 0 Å². The molecule has 1 unspecified atom stereocenters. The number of benzene rings is 2. The molecule has 1 atom stereocenters. The second kappa shape index (κ2) is 5.27. The van der Waals surface area contributed by atoms with Crippen molar-refractivity contribution in [3.8, 4) is 0 Å². The molecule has 2 N–H and O–H groups in total. The van der Waals surface area contributed by atoms with Crippen LogP contribution in [0.15, 0.2) is 36.4 Å². The van der Waals surface area contributed by atoms with Crippen molar-refractivity contribution >= 4 is 23.2 Å². The Kier molecular flexibility index (Phi) is 3.91. The first-order chi connectivity index (χ1) is 8.50. The van der Waals surface area contributed by atoms with Gasteiger partial charge in [0.1, 0.15) is 5.82 Å². The largest absolute Gasteiger partial charge is 0.320 e. The predicted octanol–water partition coefficient (Wildman–Crippen LogP) is 4.49. The van der Waals surface area contributed by atoms with E-state index in [1.165, 1.54) is 0 Å². The highest BCUT2D eigenvalue weighted by Crippen LogP contribution is 2.30. The lowest BCUT2D eigenvalue weighted by molar-refractivity contribution is 0.591. The van der Waals surface area contributed by atoms with Crippen LogP contribution in [0.25, 0.3) is 0 Å². The van der Waals surface area contributed by atoms with Crippen molar-refractivity contribution in [2.24, 2.45) is 5.73 Å². The third-order valence-corrected chi connectivity index (χ3v) is 3.42. The summed E-state index contributed by atoms with van der Waals surface area (Å²) in [5, 5.41) is 0.969. The Morgan fingerprint density at radius 3 is 2.50 bits per heavy atom. The van der Waals surface area contributed by atoms with E-state index in [0.717, 1.165) is 0 Å². The standard InChI is InChI=1S/C14H12Cl2FN/c1-8-3-2-4-11(13(8)17)14(18)10-6-5-9(15)7-12(10)16/h2-7,14H,18H2,1H3. The fraction of sp³-hybridized carbons (Fsp3) is 0.143. The van der Waals surface area contributed by atoms with Gasteiger partial charge in [0.25, 0.3) is 0 Å². The minimum absolute atomic E-state index is 0.295. The zero-order valence-corrected chi connectivity index (χ0v) is 11.3. The highest BCUT2D eigenvalue weighted by Gasteiger charge is 2.17. The number of nitrogens with two attached hydrogens (primary N) is 1. The third-order valence-electron chi connectivity index (χ3n) is 2.85. The second-order valence-corrected chi connectivity index (χ2v) is 4.97. The number of halogens is 3. The van der Waals surface area contributed by atoms with Crippen molar-refractivity contribution in [3.05, 3.63) is 69.0 Å². The van der Waals surface area contributed by atoms with Crippen LogP contribution in [0.2, 0.25) is 10.0 Å². The van der Waals surface area contributed by atoms with E-state index in [9.17, 15) is 4.39 Å². The molecule has 2 rings (SSSR count). The van der Waals surface area contributed by atoms with E-state index in [4.69, 9.17) is 28.9 Å². The first-order valence-electron chi connectivity index (χ1n) is 5.46. The van der Waals surface area contributed by atoms with E-state index >= 15 is 0 Å². The highest BCUT2D eigenvalue weighted by molar-refractivity contribution is 6.35. The molecule has 0 bridgehead atoms. The van der Waals surface area contributed by atoms with E-state index in [1.807, 2.05) is 0 Å². The van der Waals surface area contributed by atoms with E-state index in [0.29, 0.717) is 26.7 Å².